The summed E-state index contributed by atoms with van der Waals surface area (Å²) in [7, 11) is 1.55. The van der Waals surface area contributed by atoms with E-state index in [-0.39, 0.29) is 23.8 Å². The first-order valence-electron chi connectivity index (χ1n) is 10.7. The van der Waals surface area contributed by atoms with Crippen molar-refractivity contribution in [3.8, 4) is 11.5 Å². The van der Waals surface area contributed by atoms with Gasteiger partial charge in [-0.25, -0.2) is 14.1 Å². The van der Waals surface area contributed by atoms with Gasteiger partial charge in [0.2, 0.25) is 0 Å². The molecular weight excluding hydrogens is 469 g/mol. The van der Waals surface area contributed by atoms with Crippen molar-refractivity contribution in [1.82, 2.24) is 5.32 Å². The molecule has 1 aliphatic heterocycles. The molecule has 182 valence electrons. The van der Waals surface area contributed by atoms with Crippen molar-refractivity contribution < 1.29 is 33.0 Å². The average Bonchev–Trinajstić information content (AvgIpc) is 2.87. The summed E-state index contributed by atoms with van der Waals surface area (Å²) in [6, 6.07) is 17.0. The van der Waals surface area contributed by atoms with E-state index in [2.05, 4.69) is 10.6 Å². The summed E-state index contributed by atoms with van der Waals surface area (Å²) in [5.41, 5.74) is 0.923. The van der Waals surface area contributed by atoms with E-state index >= 15 is 0 Å². The standard InChI is InChI=1S/C26H20FN3O6/c1-35-20-12-6-18(7-13-20)28-23(31)15-36-21-10-2-16(3-11-21)14-22-24(32)29-26(34)30(25(22)33)19-8-4-17(27)5-9-19/h2-14H,15H2,1H3,(H,28,31)(H,29,32,34)/b22-14+. The molecule has 0 saturated carbocycles. The van der Waals surface area contributed by atoms with Crippen LogP contribution in [-0.4, -0.2) is 37.5 Å². The van der Waals surface area contributed by atoms with Gasteiger partial charge in [-0.3, -0.25) is 19.7 Å². The summed E-state index contributed by atoms with van der Waals surface area (Å²) in [6.45, 7) is -0.234. The van der Waals surface area contributed by atoms with Gasteiger partial charge in [0, 0.05) is 5.69 Å². The molecule has 1 fully saturated rings. The Morgan fingerprint density at radius 1 is 0.944 bits per heavy atom. The SMILES string of the molecule is COc1ccc(NC(=O)COc2ccc(/C=C3\C(=O)NC(=O)N(c4ccc(F)cc4)C3=O)cc2)cc1. The number of rotatable bonds is 7. The molecule has 3 aromatic carbocycles. The zero-order valence-corrected chi connectivity index (χ0v) is 19.0. The molecule has 1 heterocycles. The highest BCUT2D eigenvalue weighted by molar-refractivity contribution is 6.39. The maximum atomic E-state index is 13.2. The van der Waals surface area contributed by atoms with Crippen molar-refractivity contribution >= 4 is 41.2 Å². The lowest BCUT2D eigenvalue weighted by molar-refractivity contribution is -0.122. The van der Waals surface area contributed by atoms with Crippen molar-refractivity contribution in [1.29, 1.82) is 0 Å². The summed E-state index contributed by atoms with van der Waals surface area (Å²) >= 11 is 0. The predicted molar refractivity (Wildman–Crippen MR) is 129 cm³/mol. The van der Waals surface area contributed by atoms with Gasteiger partial charge in [0.05, 0.1) is 12.8 Å². The summed E-state index contributed by atoms with van der Waals surface area (Å²) in [5.74, 6) is -1.52. The molecular formula is C26H20FN3O6. The third kappa shape index (κ3) is 5.55. The number of urea groups is 1. The van der Waals surface area contributed by atoms with Crippen LogP contribution in [0.2, 0.25) is 0 Å². The Hall–Kier alpha value is -4.99. The molecule has 36 heavy (non-hydrogen) atoms. The number of carbonyl (C=O) groups is 4. The molecule has 10 heteroatoms. The minimum Gasteiger partial charge on any atom is -0.497 e. The van der Waals surface area contributed by atoms with Crippen LogP contribution >= 0.6 is 0 Å². The Morgan fingerprint density at radius 2 is 1.58 bits per heavy atom. The van der Waals surface area contributed by atoms with Crippen molar-refractivity contribution in [2.45, 2.75) is 0 Å². The number of nitrogens with one attached hydrogen (secondary N) is 2. The topological polar surface area (TPSA) is 114 Å². The minimum atomic E-state index is -0.926. The quantitative estimate of drug-likeness (QED) is 0.388. The van der Waals surface area contributed by atoms with E-state index in [1.165, 1.54) is 18.2 Å². The van der Waals surface area contributed by atoms with Crippen molar-refractivity contribution in [2.24, 2.45) is 0 Å². The Bertz CT molecular complexity index is 1340. The first-order chi connectivity index (χ1) is 17.3. The highest BCUT2D eigenvalue weighted by atomic mass is 19.1. The maximum absolute atomic E-state index is 13.2. The number of carbonyl (C=O) groups excluding carboxylic acids is 4. The fourth-order valence-corrected chi connectivity index (χ4v) is 3.33. The number of nitrogens with zero attached hydrogens (tertiary/aromatic N) is 1. The largest absolute Gasteiger partial charge is 0.497 e. The predicted octanol–water partition coefficient (Wildman–Crippen LogP) is 3.52. The fraction of sp³-hybridized carbons (Fsp3) is 0.0769. The number of hydrogen-bond acceptors (Lipinski definition) is 6. The van der Waals surface area contributed by atoms with E-state index in [1.807, 2.05) is 0 Å². The lowest BCUT2D eigenvalue weighted by Crippen LogP contribution is -2.54. The molecule has 0 bridgehead atoms. The molecule has 3 aromatic rings. The number of benzene rings is 3. The van der Waals surface area contributed by atoms with Gasteiger partial charge in [0.1, 0.15) is 22.9 Å². The van der Waals surface area contributed by atoms with Gasteiger partial charge < -0.3 is 14.8 Å². The monoisotopic (exact) mass is 489 g/mol. The number of barbiturate groups is 1. The van der Waals surface area contributed by atoms with E-state index in [1.54, 1.807) is 55.6 Å². The molecule has 0 aromatic heterocycles. The molecule has 9 nitrogen and oxygen atoms in total. The summed E-state index contributed by atoms with van der Waals surface area (Å²) in [6.07, 6.45) is 1.32. The Kier molecular flexibility index (Phi) is 7.05. The van der Waals surface area contributed by atoms with Crippen LogP contribution in [0, 0.1) is 5.82 Å². The normalized spacial score (nSPS) is 14.4. The second-order valence-electron chi connectivity index (χ2n) is 7.57. The van der Waals surface area contributed by atoms with E-state index in [9.17, 15) is 23.6 Å². The van der Waals surface area contributed by atoms with Crippen molar-refractivity contribution in [3.05, 3.63) is 89.8 Å². The van der Waals surface area contributed by atoms with Crippen LogP contribution in [0.1, 0.15) is 5.56 Å². The molecule has 0 atom stereocenters. The summed E-state index contributed by atoms with van der Waals surface area (Å²) in [5, 5.41) is 4.80. The van der Waals surface area contributed by atoms with Crippen LogP contribution in [0.3, 0.4) is 0 Å². The molecule has 2 N–H and O–H groups in total. The number of anilines is 2. The highest BCUT2D eigenvalue weighted by Gasteiger charge is 2.36. The zero-order valence-electron chi connectivity index (χ0n) is 19.0. The van der Waals surface area contributed by atoms with Crippen molar-refractivity contribution in [3.63, 3.8) is 0 Å². The summed E-state index contributed by atoms with van der Waals surface area (Å²) in [4.78, 5) is 50.3. The van der Waals surface area contributed by atoms with Gasteiger partial charge in [-0.1, -0.05) is 12.1 Å². The molecule has 1 saturated heterocycles. The van der Waals surface area contributed by atoms with Crippen LogP contribution in [0.25, 0.3) is 6.08 Å². The van der Waals surface area contributed by atoms with Crippen LogP contribution in [0.15, 0.2) is 78.4 Å². The smallest absolute Gasteiger partial charge is 0.335 e. The number of imide groups is 2. The van der Waals surface area contributed by atoms with Gasteiger partial charge in [0.15, 0.2) is 6.61 Å². The second kappa shape index (κ2) is 10.5. The number of hydrogen-bond donors (Lipinski definition) is 2. The van der Waals surface area contributed by atoms with Crippen molar-refractivity contribution in [2.75, 3.05) is 23.9 Å². The first-order valence-corrected chi connectivity index (χ1v) is 10.7. The molecule has 0 radical (unpaired) electrons. The van der Waals surface area contributed by atoms with Gasteiger partial charge in [-0.05, 0) is 72.3 Å². The van der Waals surface area contributed by atoms with Gasteiger partial charge in [-0.2, -0.15) is 0 Å². The Balaban J connectivity index is 1.40. The zero-order chi connectivity index (χ0) is 25.7. The van der Waals surface area contributed by atoms with E-state index in [4.69, 9.17) is 9.47 Å². The number of halogens is 1. The molecule has 0 aliphatic carbocycles. The van der Waals surface area contributed by atoms with E-state index < -0.39 is 23.7 Å². The van der Waals surface area contributed by atoms with Gasteiger partial charge >= 0.3 is 6.03 Å². The lowest BCUT2D eigenvalue weighted by atomic mass is 10.1. The molecule has 0 spiro atoms. The Labute approximate surface area is 205 Å². The second-order valence-corrected chi connectivity index (χ2v) is 7.57. The summed E-state index contributed by atoms with van der Waals surface area (Å²) < 4.78 is 23.8. The number of ether oxygens (including phenoxy) is 2. The van der Waals surface area contributed by atoms with Gasteiger partial charge in [-0.15, -0.1) is 0 Å². The van der Waals surface area contributed by atoms with Crippen LogP contribution in [-0.2, 0) is 14.4 Å². The van der Waals surface area contributed by atoms with Gasteiger partial charge in [0.25, 0.3) is 17.7 Å². The molecule has 1 aliphatic rings. The third-order valence-electron chi connectivity index (χ3n) is 5.12. The molecule has 4 rings (SSSR count). The Morgan fingerprint density at radius 3 is 2.22 bits per heavy atom. The van der Waals surface area contributed by atoms with E-state index in [0.29, 0.717) is 22.7 Å². The first kappa shape index (κ1) is 24.1. The highest BCUT2D eigenvalue weighted by Crippen LogP contribution is 2.23. The average molecular weight is 489 g/mol. The van der Waals surface area contributed by atoms with E-state index in [0.717, 1.165) is 17.0 Å². The fourth-order valence-electron chi connectivity index (χ4n) is 3.33. The molecule has 5 amide bonds. The van der Waals surface area contributed by atoms with Crippen LogP contribution < -0.4 is 25.0 Å². The maximum Gasteiger partial charge on any atom is 0.335 e. The van der Waals surface area contributed by atoms with Crippen LogP contribution in [0.5, 0.6) is 11.5 Å². The number of methoxy groups -OCH3 is 1. The van der Waals surface area contributed by atoms with Crippen LogP contribution in [0.4, 0.5) is 20.6 Å². The third-order valence-corrected chi connectivity index (χ3v) is 5.12. The minimum absolute atomic E-state index is 0.119. The number of amides is 5. The lowest BCUT2D eigenvalue weighted by Gasteiger charge is -2.26. The molecule has 0 unspecified atom stereocenters.